The van der Waals surface area contributed by atoms with Crippen molar-refractivity contribution in [2.45, 2.75) is 0 Å². The molecule has 2 aromatic rings. The SMILES string of the molecule is c1cc([N]c2cc[nH]n2)n[nH]1. The van der Waals surface area contributed by atoms with Crippen LogP contribution in [0.15, 0.2) is 24.5 Å². The minimum absolute atomic E-state index is 0.636. The van der Waals surface area contributed by atoms with Crippen molar-refractivity contribution >= 4 is 11.6 Å². The number of nitrogens with one attached hydrogen (secondary N) is 2. The lowest BCUT2D eigenvalue weighted by molar-refractivity contribution is 0.974. The predicted octanol–water partition coefficient (Wildman–Crippen LogP) is 0.700. The maximum Gasteiger partial charge on any atom is 0.175 e. The minimum atomic E-state index is 0.636. The molecule has 0 aliphatic carbocycles. The molecule has 0 saturated heterocycles. The fraction of sp³-hybridized carbons (Fsp3) is 0. The Morgan fingerprint density at radius 3 is 1.91 bits per heavy atom. The first-order valence-electron chi connectivity index (χ1n) is 3.16. The predicted molar refractivity (Wildman–Crippen MR) is 38.6 cm³/mol. The van der Waals surface area contributed by atoms with Gasteiger partial charge in [0, 0.05) is 24.5 Å². The molecule has 1 radical (unpaired) electrons. The molecule has 2 aromatic heterocycles. The molecule has 55 valence electrons. The molecule has 0 aliphatic heterocycles. The molecule has 0 spiro atoms. The fourth-order valence-corrected chi connectivity index (χ4v) is 0.747. The molecule has 0 saturated carbocycles. The van der Waals surface area contributed by atoms with Gasteiger partial charge in [-0.2, -0.15) is 10.2 Å². The average molecular weight is 148 g/mol. The van der Waals surface area contributed by atoms with Crippen LogP contribution in [0.3, 0.4) is 0 Å². The van der Waals surface area contributed by atoms with Crippen molar-refractivity contribution in [3.05, 3.63) is 24.5 Å². The van der Waals surface area contributed by atoms with E-state index in [-0.39, 0.29) is 0 Å². The lowest BCUT2D eigenvalue weighted by Gasteiger charge is -1.88. The maximum atomic E-state index is 4.08. The van der Waals surface area contributed by atoms with Crippen molar-refractivity contribution in [3.8, 4) is 0 Å². The Labute approximate surface area is 62.8 Å². The van der Waals surface area contributed by atoms with Crippen LogP contribution in [0, 0.1) is 0 Å². The highest BCUT2D eigenvalue weighted by atomic mass is 15.2. The molecule has 5 heteroatoms. The highest BCUT2D eigenvalue weighted by Crippen LogP contribution is 2.08. The molecular weight excluding hydrogens is 142 g/mol. The Hall–Kier alpha value is -1.78. The van der Waals surface area contributed by atoms with Gasteiger partial charge in [-0.05, 0) is 0 Å². The highest BCUT2D eigenvalue weighted by Gasteiger charge is 1.98. The third-order valence-corrected chi connectivity index (χ3v) is 1.20. The van der Waals surface area contributed by atoms with Crippen LogP contribution in [0.1, 0.15) is 0 Å². The summed E-state index contributed by atoms with van der Waals surface area (Å²) in [6.45, 7) is 0. The van der Waals surface area contributed by atoms with E-state index in [9.17, 15) is 0 Å². The second-order valence-electron chi connectivity index (χ2n) is 1.98. The Bertz CT molecular complexity index is 263. The largest absolute Gasteiger partial charge is 0.284 e. The molecule has 0 amide bonds. The smallest absolute Gasteiger partial charge is 0.175 e. The molecule has 2 N–H and O–H groups in total. The molecule has 0 unspecified atom stereocenters. The zero-order chi connectivity index (χ0) is 7.52. The molecule has 0 bridgehead atoms. The summed E-state index contributed by atoms with van der Waals surface area (Å²) in [5.74, 6) is 1.27. The first-order chi connectivity index (χ1) is 5.45. The van der Waals surface area contributed by atoms with Gasteiger partial charge in [0.15, 0.2) is 11.6 Å². The van der Waals surface area contributed by atoms with E-state index >= 15 is 0 Å². The van der Waals surface area contributed by atoms with Crippen LogP contribution in [-0.4, -0.2) is 20.4 Å². The van der Waals surface area contributed by atoms with Gasteiger partial charge in [-0.1, -0.05) is 0 Å². The minimum Gasteiger partial charge on any atom is -0.284 e. The summed E-state index contributed by atoms with van der Waals surface area (Å²) in [6.07, 6.45) is 3.43. The molecule has 2 heterocycles. The van der Waals surface area contributed by atoms with E-state index in [0.717, 1.165) is 0 Å². The van der Waals surface area contributed by atoms with Gasteiger partial charge in [-0.15, -0.1) is 0 Å². The van der Waals surface area contributed by atoms with Crippen LogP contribution in [-0.2, 0) is 0 Å². The normalized spacial score (nSPS) is 9.82. The van der Waals surface area contributed by atoms with E-state index < -0.39 is 0 Å². The summed E-state index contributed by atoms with van der Waals surface area (Å²) < 4.78 is 0. The van der Waals surface area contributed by atoms with E-state index in [1.54, 1.807) is 24.5 Å². The van der Waals surface area contributed by atoms with Gasteiger partial charge in [0.1, 0.15) is 0 Å². The standard InChI is InChI=1S/C6H6N5/c1-3-7-10-5(1)9-6-2-4-8-11-6/h1-4H,(H,7,10)(H,8,11). The number of aromatic amines is 2. The topological polar surface area (TPSA) is 71.5 Å². The monoisotopic (exact) mass is 148 g/mol. The maximum absolute atomic E-state index is 4.08. The Morgan fingerprint density at radius 2 is 1.55 bits per heavy atom. The number of H-pyrrole nitrogens is 2. The molecule has 0 atom stereocenters. The molecule has 0 fully saturated rings. The van der Waals surface area contributed by atoms with Crippen molar-refractivity contribution in [3.63, 3.8) is 0 Å². The quantitative estimate of drug-likeness (QED) is 0.658. The molecular formula is C6H6N5. The van der Waals surface area contributed by atoms with Gasteiger partial charge in [-0.3, -0.25) is 10.2 Å². The zero-order valence-corrected chi connectivity index (χ0v) is 5.65. The molecule has 0 aliphatic rings. The molecule has 11 heavy (non-hydrogen) atoms. The number of rotatable bonds is 2. The first kappa shape index (κ1) is 5.96. The Balaban J connectivity index is 2.14. The zero-order valence-electron chi connectivity index (χ0n) is 5.65. The van der Waals surface area contributed by atoms with Gasteiger partial charge in [0.2, 0.25) is 0 Å². The summed E-state index contributed by atoms with van der Waals surface area (Å²) in [5.41, 5.74) is 0. The first-order valence-corrected chi connectivity index (χ1v) is 3.16. The second-order valence-corrected chi connectivity index (χ2v) is 1.98. The van der Waals surface area contributed by atoms with Crippen molar-refractivity contribution < 1.29 is 0 Å². The summed E-state index contributed by atoms with van der Waals surface area (Å²) in [5, 5.41) is 17.1. The number of hydrogen-bond donors (Lipinski definition) is 2. The highest BCUT2D eigenvalue weighted by molar-refractivity contribution is 5.36. The lowest BCUT2D eigenvalue weighted by atomic mass is 10.6. The summed E-state index contributed by atoms with van der Waals surface area (Å²) in [6, 6.07) is 3.54. The Morgan fingerprint density at radius 1 is 1.00 bits per heavy atom. The van der Waals surface area contributed by atoms with Crippen molar-refractivity contribution in [2.75, 3.05) is 0 Å². The van der Waals surface area contributed by atoms with Crippen molar-refractivity contribution in [1.29, 1.82) is 0 Å². The van der Waals surface area contributed by atoms with E-state index in [1.807, 2.05) is 0 Å². The second kappa shape index (κ2) is 2.45. The van der Waals surface area contributed by atoms with Crippen LogP contribution in [0.4, 0.5) is 11.6 Å². The van der Waals surface area contributed by atoms with E-state index in [1.165, 1.54) is 0 Å². The van der Waals surface area contributed by atoms with Crippen LogP contribution in [0.5, 0.6) is 0 Å². The van der Waals surface area contributed by atoms with Gasteiger partial charge >= 0.3 is 0 Å². The Kier molecular flexibility index (Phi) is 1.33. The van der Waals surface area contributed by atoms with Crippen molar-refractivity contribution in [1.82, 2.24) is 25.7 Å². The third-order valence-electron chi connectivity index (χ3n) is 1.20. The summed E-state index contributed by atoms with van der Waals surface area (Å²) in [4.78, 5) is 0. The lowest BCUT2D eigenvalue weighted by Crippen LogP contribution is -1.88. The van der Waals surface area contributed by atoms with E-state index in [0.29, 0.717) is 11.6 Å². The van der Waals surface area contributed by atoms with Crippen molar-refractivity contribution in [2.24, 2.45) is 0 Å². The number of hydrogen-bond acceptors (Lipinski definition) is 2. The van der Waals surface area contributed by atoms with Gasteiger partial charge in [0.25, 0.3) is 0 Å². The number of aromatic nitrogens is 4. The van der Waals surface area contributed by atoms with Crippen LogP contribution in [0.2, 0.25) is 0 Å². The summed E-state index contributed by atoms with van der Waals surface area (Å²) in [7, 11) is 0. The van der Waals surface area contributed by atoms with Gasteiger partial charge in [-0.25, -0.2) is 5.32 Å². The molecule has 5 nitrogen and oxygen atoms in total. The average Bonchev–Trinajstić information content (AvgIpc) is 2.60. The van der Waals surface area contributed by atoms with Crippen LogP contribution in [0.25, 0.3) is 0 Å². The van der Waals surface area contributed by atoms with Gasteiger partial charge in [0.05, 0.1) is 0 Å². The summed E-state index contributed by atoms with van der Waals surface area (Å²) >= 11 is 0. The third kappa shape index (κ3) is 1.21. The molecule has 0 aromatic carbocycles. The molecule has 2 rings (SSSR count). The fourth-order valence-electron chi connectivity index (χ4n) is 0.747. The van der Waals surface area contributed by atoms with E-state index in [4.69, 9.17) is 0 Å². The van der Waals surface area contributed by atoms with Crippen LogP contribution < -0.4 is 5.32 Å². The van der Waals surface area contributed by atoms with Crippen LogP contribution >= 0.6 is 0 Å². The van der Waals surface area contributed by atoms with Gasteiger partial charge < -0.3 is 0 Å². The van der Waals surface area contributed by atoms with E-state index in [2.05, 4.69) is 25.7 Å². The number of nitrogens with zero attached hydrogens (tertiary/aromatic N) is 3.